The van der Waals surface area contributed by atoms with E-state index >= 15 is 0 Å². The third kappa shape index (κ3) is 4.80. The maximum absolute atomic E-state index is 3.43. The fraction of sp³-hybridized carbons (Fsp3) is 1.00. The van der Waals surface area contributed by atoms with Crippen LogP contribution in [-0.4, -0.2) is 12.6 Å². The molecule has 0 spiro atoms. The molecule has 0 aromatic carbocycles. The zero-order valence-electron chi connectivity index (χ0n) is 7.94. The van der Waals surface area contributed by atoms with E-state index in [2.05, 4.69) is 39.9 Å². The predicted octanol–water partition coefficient (Wildman–Crippen LogP) is 2.52. The Bertz CT molecular complexity index is 81.6. The molecule has 0 fully saturated rings. The van der Waals surface area contributed by atoms with Crippen molar-refractivity contribution in [1.82, 2.24) is 5.32 Å². The van der Waals surface area contributed by atoms with Gasteiger partial charge in [0.2, 0.25) is 0 Å². The van der Waals surface area contributed by atoms with Crippen LogP contribution in [-0.2, 0) is 0 Å². The van der Waals surface area contributed by atoms with Crippen LogP contribution in [0.15, 0.2) is 0 Å². The number of nitrogens with one attached hydrogen (secondary N) is 1. The zero-order chi connectivity index (χ0) is 8.15. The molecule has 64 valence electrons. The highest BCUT2D eigenvalue weighted by Crippen LogP contribution is 2.07. The highest BCUT2D eigenvalue weighted by molar-refractivity contribution is 4.62. The third-order valence-corrected chi connectivity index (χ3v) is 1.99. The lowest BCUT2D eigenvalue weighted by molar-refractivity contribution is 0.379. The van der Waals surface area contributed by atoms with Gasteiger partial charge < -0.3 is 5.32 Å². The SMILES string of the molecule is CC(C)NC[C@@H](C)C(C)C.[HH]. The molecule has 0 aliphatic carbocycles. The lowest BCUT2D eigenvalue weighted by atomic mass is 9.98. The number of hydrogen-bond acceptors (Lipinski definition) is 1. The van der Waals surface area contributed by atoms with Gasteiger partial charge in [-0.3, -0.25) is 0 Å². The van der Waals surface area contributed by atoms with Crippen molar-refractivity contribution in [3.8, 4) is 0 Å². The Balaban J connectivity index is 0. The maximum Gasteiger partial charge on any atom is 0.00104 e. The summed E-state index contributed by atoms with van der Waals surface area (Å²) in [7, 11) is 0. The van der Waals surface area contributed by atoms with E-state index in [0.717, 1.165) is 18.4 Å². The van der Waals surface area contributed by atoms with Gasteiger partial charge in [-0.2, -0.15) is 0 Å². The molecule has 0 saturated heterocycles. The Hall–Kier alpha value is -0.0400. The average Bonchev–Trinajstić information content (AvgIpc) is 1.82. The van der Waals surface area contributed by atoms with E-state index in [1.54, 1.807) is 0 Å². The van der Waals surface area contributed by atoms with E-state index < -0.39 is 0 Å². The van der Waals surface area contributed by atoms with Crippen LogP contribution in [0.5, 0.6) is 0 Å². The van der Waals surface area contributed by atoms with E-state index in [-0.39, 0.29) is 1.43 Å². The number of rotatable bonds is 4. The molecule has 0 rings (SSSR count). The lowest BCUT2D eigenvalue weighted by Crippen LogP contribution is -2.29. The first-order valence-corrected chi connectivity index (χ1v) is 4.27. The topological polar surface area (TPSA) is 12.0 Å². The van der Waals surface area contributed by atoms with Gasteiger partial charge in [0.05, 0.1) is 0 Å². The maximum atomic E-state index is 3.43. The molecule has 0 bridgehead atoms. The van der Waals surface area contributed by atoms with Crippen molar-refractivity contribution in [3.63, 3.8) is 0 Å². The second-order valence-corrected chi connectivity index (χ2v) is 3.78. The van der Waals surface area contributed by atoms with Crippen LogP contribution in [0.1, 0.15) is 36.0 Å². The molecule has 1 N–H and O–H groups in total. The molecular formula is C9H23N. The summed E-state index contributed by atoms with van der Waals surface area (Å²) in [5, 5.41) is 3.43. The van der Waals surface area contributed by atoms with E-state index in [4.69, 9.17) is 0 Å². The first-order chi connectivity index (χ1) is 4.54. The van der Waals surface area contributed by atoms with Gasteiger partial charge in [-0.1, -0.05) is 34.6 Å². The summed E-state index contributed by atoms with van der Waals surface area (Å²) >= 11 is 0. The van der Waals surface area contributed by atoms with Crippen LogP contribution < -0.4 is 5.32 Å². The molecule has 0 radical (unpaired) electrons. The fourth-order valence-corrected chi connectivity index (χ4v) is 0.657. The molecule has 0 heterocycles. The molecule has 10 heavy (non-hydrogen) atoms. The van der Waals surface area contributed by atoms with Crippen molar-refractivity contribution in [2.24, 2.45) is 11.8 Å². The fourth-order valence-electron chi connectivity index (χ4n) is 0.657. The third-order valence-electron chi connectivity index (χ3n) is 1.99. The van der Waals surface area contributed by atoms with Gasteiger partial charge >= 0.3 is 0 Å². The van der Waals surface area contributed by atoms with Gasteiger partial charge in [0.25, 0.3) is 0 Å². The van der Waals surface area contributed by atoms with Crippen molar-refractivity contribution < 1.29 is 1.43 Å². The van der Waals surface area contributed by atoms with Crippen LogP contribution in [0.25, 0.3) is 0 Å². The first kappa shape index (κ1) is 9.96. The normalized spacial score (nSPS) is 14.7. The minimum atomic E-state index is 0. The summed E-state index contributed by atoms with van der Waals surface area (Å²) in [5.74, 6) is 1.59. The molecular weight excluding hydrogens is 122 g/mol. The number of hydrogen-bond donors (Lipinski definition) is 1. The Kier molecular flexibility index (Phi) is 4.71. The van der Waals surface area contributed by atoms with E-state index in [9.17, 15) is 0 Å². The highest BCUT2D eigenvalue weighted by atomic mass is 14.9. The van der Waals surface area contributed by atoms with E-state index in [1.165, 1.54) is 0 Å². The predicted molar refractivity (Wildman–Crippen MR) is 49.3 cm³/mol. The summed E-state index contributed by atoms with van der Waals surface area (Å²) < 4.78 is 0. The first-order valence-electron chi connectivity index (χ1n) is 4.27. The van der Waals surface area contributed by atoms with Crippen molar-refractivity contribution in [2.45, 2.75) is 40.7 Å². The van der Waals surface area contributed by atoms with E-state index in [1.807, 2.05) is 0 Å². The monoisotopic (exact) mass is 145 g/mol. The van der Waals surface area contributed by atoms with Crippen molar-refractivity contribution in [1.29, 1.82) is 0 Å². The van der Waals surface area contributed by atoms with Gasteiger partial charge in [-0.05, 0) is 18.4 Å². The van der Waals surface area contributed by atoms with Crippen LogP contribution >= 0.6 is 0 Å². The molecule has 1 heteroatoms. The summed E-state index contributed by atoms with van der Waals surface area (Å²) in [4.78, 5) is 0. The highest BCUT2D eigenvalue weighted by Gasteiger charge is 2.06. The van der Waals surface area contributed by atoms with E-state index in [0.29, 0.717) is 6.04 Å². The molecule has 0 amide bonds. The molecule has 0 aromatic rings. The van der Waals surface area contributed by atoms with Gasteiger partial charge in [0.15, 0.2) is 0 Å². The van der Waals surface area contributed by atoms with Crippen LogP contribution in [0.4, 0.5) is 0 Å². The second-order valence-electron chi connectivity index (χ2n) is 3.78. The average molecular weight is 145 g/mol. The van der Waals surface area contributed by atoms with Gasteiger partial charge in [0, 0.05) is 7.47 Å². The van der Waals surface area contributed by atoms with Crippen molar-refractivity contribution in [3.05, 3.63) is 0 Å². The summed E-state index contributed by atoms with van der Waals surface area (Å²) in [6, 6.07) is 0.626. The Morgan fingerprint density at radius 1 is 1.10 bits per heavy atom. The van der Waals surface area contributed by atoms with Crippen molar-refractivity contribution in [2.75, 3.05) is 6.54 Å². The minimum absolute atomic E-state index is 0. The molecule has 1 atom stereocenters. The molecule has 0 saturated carbocycles. The van der Waals surface area contributed by atoms with Crippen LogP contribution in [0.2, 0.25) is 0 Å². The molecule has 0 aliphatic heterocycles. The Morgan fingerprint density at radius 2 is 1.60 bits per heavy atom. The van der Waals surface area contributed by atoms with Gasteiger partial charge in [0.1, 0.15) is 0 Å². The Morgan fingerprint density at radius 3 is 1.90 bits per heavy atom. The Labute approximate surface area is 66.7 Å². The lowest BCUT2D eigenvalue weighted by Gasteiger charge is -2.17. The molecule has 0 aliphatic rings. The molecule has 1 nitrogen and oxygen atoms in total. The zero-order valence-corrected chi connectivity index (χ0v) is 7.94. The quantitative estimate of drug-likeness (QED) is 0.641. The minimum Gasteiger partial charge on any atom is -0.314 e. The largest absolute Gasteiger partial charge is 0.314 e. The van der Waals surface area contributed by atoms with Gasteiger partial charge in [-0.15, -0.1) is 0 Å². The van der Waals surface area contributed by atoms with Crippen molar-refractivity contribution >= 4 is 0 Å². The molecule has 0 unspecified atom stereocenters. The second kappa shape index (κ2) is 4.73. The summed E-state index contributed by atoms with van der Waals surface area (Å²) in [6.07, 6.45) is 0. The van der Waals surface area contributed by atoms with Crippen LogP contribution in [0, 0.1) is 11.8 Å². The molecule has 0 aromatic heterocycles. The van der Waals surface area contributed by atoms with Crippen LogP contribution in [0.3, 0.4) is 0 Å². The standard InChI is InChI=1S/C9H21N.H2/c1-7(2)9(5)6-10-8(3)4;/h7-10H,6H2,1-5H3;1H/t9-;/m1./s1. The van der Waals surface area contributed by atoms with Gasteiger partial charge in [-0.25, -0.2) is 0 Å². The summed E-state index contributed by atoms with van der Waals surface area (Å²) in [5.41, 5.74) is 0. The smallest absolute Gasteiger partial charge is 0.00104 e. The summed E-state index contributed by atoms with van der Waals surface area (Å²) in [6.45, 7) is 12.4.